The summed E-state index contributed by atoms with van der Waals surface area (Å²) in [6.07, 6.45) is 2.01. The van der Waals surface area contributed by atoms with Gasteiger partial charge in [0.2, 0.25) is 0 Å². The molecule has 0 radical (unpaired) electrons. The molecule has 2 aromatic carbocycles. The molecule has 0 bridgehead atoms. The summed E-state index contributed by atoms with van der Waals surface area (Å²) in [4.78, 5) is 22.2. The lowest BCUT2D eigenvalue weighted by Gasteiger charge is -2.34. The van der Waals surface area contributed by atoms with Crippen LogP contribution >= 0.6 is 0 Å². The quantitative estimate of drug-likeness (QED) is 0.451. The lowest BCUT2D eigenvalue weighted by molar-refractivity contribution is -0.136. The second kappa shape index (κ2) is 9.20. The first kappa shape index (κ1) is 22.0. The van der Waals surface area contributed by atoms with E-state index in [4.69, 9.17) is 15.6 Å². The van der Waals surface area contributed by atoms with Crippen molar-refractivity contribution < 1.29 is 14.6 Å². The number of Topliss-reactive ketones (excluding diaryl/α,β-unsaturated/α-hetero) is 1. The van der Waals surface area contributed by atoms with Crippen molar-refractivity contribution in [2.75, 3.05) is 18.8 Å². The van der Waals surface area contributed by atoms with E-state index in [9.17, 15) is 9.90 Å². The zero-order chi connectivity index (χ0) is 23.7. The monoisotopic (exact) mass is 458 g/mol. The van der Waals surface area contributed by atoms with E-state index in [2.05, 4.69) is 9.97 Å². The maximum Gasteiger partial charge on any atom is 0.173 e. The van der Waals surface area contributed by atoms with Gasteiger partial charge in [-0.3, -0.25) is 9.69 Å². The fourth-order valence-corrected chi connectivity index (χ4v) is 4.42. The Balaban J connectivity index is 1.49. The van der Waals surface area contributed by atoms with Gasteiger partial charge in [-0.25, -0.2) is 14.6 Å². The number of ketones is 1. The number of carbonyl (C=O) groups excluding carboxylic acids is 1. The van der Waals surface area contributed by atoms with E-state index in [0.717, 1.165) is 24.2 Å². The Kier molecular flexibility index (Phi) is 5.95. The summed E-state index contributed by atoms with van der Waals surface area (Å²) in [6.45, 7) is 2.54. The Hall–Kier alpha value is -3.82. The number of likely N-dealkylation sites (tertiary alicyclic amines) is 1. The molecule has 1 aliphatic rings. The number of piperidine rings is 1. The van der Waals surface area contributed by atoms with E-state index in [1.165, 1.54) is 13.3 Å². The lowest BCUT2D eigenvalue weighted by Crippen LogP contribution is -2.46. The van der Waals surface area contributed by atoms with Crippen LogP contribution in [0.25, 0.3) is 22.3 Å². The molecule has 34 heavy (non-hydrogen) atoms. The third-order valence-electron chi connectivity index (χ3n) is 6.11. The number of aliphatic hydroxyl groups excluding tert-OH is 1. The van der Waals surface area contributed by atoms with Crippen molar-refractivity contribution in [1.29, 1.82) is 0 Å². The fourth-order valence-electron chi connectivity index (χ4n) is 4.42. The molecule has 3 heterocycles. The summed E-state index contributed by atoms with van der Waals surface area (Å²) in [5.74, 6) is 1.56. The SMILES string of the molecule is CC(=O)[C@@H](O)N1CCCC(n2nc(-c3ccc(Oc4ccccc4)cc3)c3c(N)ncnc32)C1. The van der Waals surface area contributed by atoms with Crippen molar-refractivity contribution >= 4 is 22.6 Å². The summed E-state index contributed by atoms with van der Waals surface area (Å²) in [6, 6.07) is 17.2. The van der Waals surface area contributed by atoms with Crippen molar-refractivity contribution in [3.63, 3.8) is 0 Å². The molecule has 2 aromatic heterocycles. The van der Waals surface area contributed by atoms with E-state index >= 15 is 0 Å². The first-order chi connectivity index (χ1) is 16.5. The van der Waals surface area contributed by atoms with E-state index in [1.807, 2.05) is 59.3 Å². The van der Waals surface area contributed by atoms with E-state index < -0.39 is 6.23 Å². The van der Waals surface area contributed by atoms with Crippen molar-refractivity contribution in [1.82, 2.24) is 24.6 Å². The van der Waals surface area contributed by atoms with Crippen LogP contribution in [0.4, 0.5) is 5.82 Å². The Labute approximate surface area is 196 Å². The largest absolute Gasteiger partial charge is 0.457 e. The number of benzene rings is 2. The third kappa shape index (κ3) is 4.23. The van der Waals surface area contributed by atoms with Crippen LogP contribution in [0.3, 0.4) is 0 Å². The van der Waals surface area contributed by atoms with Gasteiger partial charge in [0, 0.05) is 18.7 Å². The van der Waals surface area contributed by atoms with Gasteiger partial charge in [-0.05, 0) is 56.2 Å². The third-order valence-corrected chi connectivity index (χ3v) is 6.11. The first-order valence-electron chi connectivity index (χ1n) is 11.3. The maximum absolute atomic E-state index is 11.7. The van der Waals surface area contributed by atoms with Crippen LogP contribution in [0.5, 0.6) is 11.5 Å². The Bertz CT molecular complexity index is 1310. The summed E-state index contributed by atoms with van der Waals surface area (Å²) in [7, 11) is 0. The number of nitrogens with two attached hydrogens (primary N) is 1. The summed E-state index contributed by atoms with van der Waals surface area (Å²) >= 11 is 0. The summed E-state index contributed by atoms with van der Waals surface area (Å²) < 4.78 is 7.76. The molecule has 1 saturated heterocycles. The average molecular weight is 459 g/mol. The van der Waals surface area contributed by atoms with Crippen LogP contribution in [-0.4, -0.2) is 54.9 Å². The Morgan fingerprint density at radius 3 is 2.59 bits per heavy atom. The van der Waals surface area contributed by atoms with Crippen molar-refractivity contribution in [3.8, 4) is 22.8 Å². The molecular weight excluding hydrogens is 432 g/mol. The molecular formula is C25H26N6O3. The van der Waals surface area contributed by atoms with Crippen LogP contribution in [-0.2, 0) is 4.79 Å². The topological polar surface area (TPSA) is 119 Å². The van der Waals surface area contributed by atoms with Gasteiger partial charge in [-0.1, -0.05) is 18.2 Å². The number of ether oxygens (including phenoxy) is 1. The first-order valence-corrected chi connectivity index (χ1v) is 11.3. The highest BCUT2D eigenvalue weighted by molar-refractivity contribution is 5.98. The standard InChI is InChI=1S/C25H26N6O3/c1-16(32)25(33)30-13-5-6-18(14-30)31-24-21(23(26)27-15-28-24)22(29-31)17-9-11-20(12-10-17)34-19-7-3-2-4-8-19/h2-4,7-12,15,18,25,33H,5-6,13-14H2,1H3,(H2,26,27,28)/t18?,25-/m1/s1. The second-order valence-electron chi connectivity index (χ2n) is 8.47. The lowest BCUT2D eigenvalue weighted by atomic mass is 10.1. The molecule has 0 spiro atoms. The minimum absolute atomic E-state index is 0.0611. The number of carbonyl (C=O) groups is 1. The highest BCUT2D eigenvalue weighted by Crippen LogP contribution is 2.35. The van der Waals surface area contributed by atoms with Crippen molar-refractivity contribution in [2.24, 2.45) is 0 Å². The zero-order valence-corrected chi connectivity index (χ0v) is 18.8. The van der Waals surface area contributed by atoms with Gasteiger partial charge < -0.3 is 15.6 Å². The molecule has 1 unspecified atom stereocenters. The molecule has 0 aliphatic carbocycles. The predicted octanol–water partition coefficient (Wildman–Crippen LogP) is 3.41. The number of aromatic nitrogens is 4. The van der Waals surface area contributed by atoms with Crippen molar-refractivity contribution in [2.45, 2.75) is 32.0 Å². The fraction of sp³-hybridized carbons (Fsp3) is 0.280. The van der Waals surface area contributed by atoms with E-state index in [0.29, 0.717) is 41.4 Å². The molecule has 5 rings (SSSR count). The molecule has 0 saturated carbocycles. The average Bonchev–Trinajstić information content (AvgIpc) is 3.26. The van der Waals surface area contributed by atoms with Gasteiger partial charge in [0.1, 0.15) is 29.3 Å². The maximum atomic E-state index is 11.7. The van der Waals surface area contributed by atoms with Gasteiger partial charge in [-0.15, -0.1) is 0 Å². The van der Waals surface area contributed by atoms with Crippen LogP contribution in [0.1, 0.15) is 25.8 Å². The molecule has 174 valence electrons. The van der Waals surface area contributed by atoms with Gasteiger partial charge in [0.25, 0.3) is 0 Å². The highest BCUT2D eigenvalue weighted by Gasteiger charge is 2.30. The molecule has 9 heteroatoms. The molecule has 9 nitrogen and oxygen atoms in total. The van der Waals surface area contributed by atoms with E-state index in [1.54, 1.807) is 4.90 Å². The number of nitrogens with zero attached hydrogens (tertiary/aromatic N) is 5. The second-order valence-corrected chi connectivity index (χ2v) is 8.47. The zero-order valence-electron chi connectivity index (χ0n) is 18.8. The van der Waals surface area contributed by atoms with Crippen LogP contribution < -0.4 is 10.5 Å². The smallest absolute Gasteiger partial charge is 0.173 e. The molecule has 3 N–H and O–H groups in total. The van der Waals surface area contributed by atoms with Gasteiger partial charge in [0.15, 0.2) is 17.7 Å². The predicted molar refractivity (Wildman–Crippen MR) is 128 cm³/mol. The number of anilines is 1. The summed E-state index contributed by atoms with van der Waals surface area (Å²) in [5, 5.41) is 15.9. The van der Waals surface area contributed by atoms with Crippen LogP contribution in [0.15, 0.2) is 60.9 Å². The summed E-state index contributed by atoms with van der Waals surface area (Å²) in [5.41, 5.74) is 8.44. The Morgan fingerprint density at radius 1 is 1.12 bits per heavy atom. The number of aliphatic hydroxyl groups is 1. The Morgan fingerprint density at radius 2 is 1.85 bits per heavy atom. The minimum Gasteiger partial charge on any atom is -0.457 e. The molecule has 0 amide bonds. The number of rotatable bonds is 6. The number of nitrogen functional groups attached to an aromatic ring is 1. The minimum atomic E-state index is -1.11. The molecule has 1 fully saturated rings. The molecule has 1 aliphatic heterocycles. The van der Waals surface area contributed by atoms with Crippen LogP contribution in [0, 0.1) is 0 Å². The van der Waals surface area contributed by atoms with Gasteiger partial charge in [-0.2, -0.15) is 5.10 Å². The van der Waals surface area contributed by atoms with Gasteiger partial charge >= 0.3 is 0 Å². The molecule has 2 atom stereocenters. The number of fused-ring (bicyclic) bond motifs is 1. The number of para-hydroxylation sites is 1. The van der Waals surface area contributed by atoms with E-state index in [-0.39, 0.29) is 11.8 Å². The number of hydrogen-bond acceptors (Lipinski definition) is 8. The molecule has 4 aromatic rings. The number of hydrogen-bond donors (Lipinski definition) is 2. The van der Waals surface area contributed by atoms with Gasteiger partial charge in [0.05, 0.1) is 11.4 Å². The van der Waals surface area contributed by atoms with Crippen molar-refractivity contribution in [3.05, 3.63) is 60.9 Å². The highest BCUT2D eigenvalue weighted by atomic mass is 16.5. The van der Waals surface area contributed by atoms with Crippen LogP contribution in [0.2, 0.25) is 0 Å². The normalized spacial score (nSPS) is 17.5.